The van der Waals surface area contributed by atoms with Crippen molar-refractivity contribution in [1.29, 1.82) is 0 Å². The van der Waals surface area contributed by atoms with E-state index in [1.165, 1.54) is 4.90 Å². The fraction of sp³-hybridized carbons (Fsp3) is 0.474. The van der Waals surface area contributed by atoms with Crippen molar-refractivity contribution < 1.29 is 9.53 Å². The van der Waals surface area contributed by atoms with E-state index in [-0.39, 0.29) is 5.41 Å². The summed E-state index contributed by atoms with van der Waals surface area (Å²) in [5, 5.41) is 0.609. The van der Waals surface area contributed by atoms with Crippen molar-refractivity contribution in [2.24, 2.45) is 0 Å². The third kappa shape index (κ3) is 4.58. The van der Waals surface area contributed by atoms with Crippen molar-refractivity contribution in [3.8, 4) is 0 Å². The molecule has 2 aromatic heterocycles. The van der Waals surface area contributed by atoms with Crippen LogP contribution in [0.15, 0.2) is 35.2 Å². The van der Waals surface area contributed by atoms with Crippen LogP contribution in [-0.2, 0) is 10.2 Å². The van der Waals surface area contributed by atoms with Gasteiger partial charge in [-0.05, 0) is 61.7 Å². The van der Waals surface area contributed by atoms with Gasteiger partial charge >= 0.3 is 6.09 Å². The minimum absolute atomic E-state index is 0.297. The minimum atomic E-state index is -0.625. The summed E-state index contributed by atoms with van der Waals surface area (Å²) in [6.45, 7) is 5.86. The molecule has 0 unspecified atom stereocenters. The van der Waals surface area contributed by atoms with Gasteiger partial charge in [-0.2, -0.15) is 0 Å². The van der Waals surface area contributed by atoms with Crippen LogP contribution in [-0.4, -0.2) is 33.2 Å². The molecule has 3 rings (SSSR count). The number of rotatable bonds is 4. The third-order valence-corrected chi connectivity index (χ3v) is 5.21. The highest BCUT2D eigenvalue weighted by Gasteiger charge is 2.45. The number of amides is 1. The topological polar surface area (TPSA) is 68.2 Å². The van der Waals surface area contributed by atoms with Gasteiger partial charge in [0.05, 0.1) is 15.2 Å². The molecule has 1 amide bonds. The Balaban J connectivity index is 1.96. The molecule has 0 radical (unpaired) electrons. The first-order valence-electron chi connectivity index (χ1n) is 8.79. The lowest BCUT2D eigenvalue weighted by Gasteiger charge is -2.44. The Morgan fingerprint density at radius 2 is 1.96 bits per heavy atom. The zero-order chi connectivity index (χ0) is 19.7. The summed E-state index contributed by atoms with van der Waals surface area (Å²) in [7, 11) is 0. The summed E-state index contributed by atoms with van der Waals surface area (Å²) in [6.07, 6.45) is 7.30. The van der Waals surface area contributed by atoms with Crippen molar-refractivity contribution >= 4 is 39.6 Å². The first kappa shape index (κ1) is 20.0. The Hall–Kier alpha value is -1.73. The molecule has 27 heavy (non-hydrogen) atoms. The summed E-state index contributed by atoms with van der Waals surface area (Å²) in [5.41, 5.74) is -0.144. The van der Waals surface area contributed by atoms with E-state index in [4.69, 9.17) is 16.3 Å². The fourth-order valence-corrected chi connectivity index (χ4v) is 3.66. The van der Waals surface area contributed by atoms with E-state index < -0.39 is 11.7 Å². The Bertz CT molecular complexity index is 819. The van der Waals surface area contributed by atoms with Crippen LogP contribution in [0.3, 0.4) is 0 Å². The van der Waals surface area contributed by atoms with E-state index in [1.807, 2.05) is 32.9 Å². The van der Waals surface area contributed by atoms with Gasteiger partial charge in [0, 0.05) is 30.6 Å². The van der Waals surface area contributed by atoms with Crippen LogP contribution in [0.5, 0.6) is 0 Å². The molecule has 0 bridgehead atoms. The lowest BCUT2D eigenvalue weighted by Crippen LogP contribution is -2.50. The Morgan fingerprint density at radius 3 is 2.48 bits per heavy atom. The van der Waals surface area contributed by atoms with Gasteiger partial charge in [0.15, 0.2) is 0 Å². The van der Waals surface area contributed by atoms with Gasteiger partial charge < -0.3 is 4.74 Å². The molecule has 1 aliphatic rings. The number of nitrogens with zero attached hydrogens (tertiary/aromatic N) is 4. The zero-order valence-corrected chi connectivity index (χ0v) is 17.9. The first-order chi connectivity index (χ1) is 12.7. The van der Waals surface area contributed by atoms with Gasteiger partial charge in [-0.1, -0.05) is 18.0 Å². The van der Waals surface area contributed by atoms with Crippen molar-refractivity contribution in [3.05, 3.63) is 45.9 Å². The van der Waals surface area contributed by atoms with Crippen molar-refractivity contribution in [1.82, 2.24) is 15.0 Å². The standard InChI is InChI=1S/C19H22BrClN4O2/c1-18(2,3)27-17(26)25(16-23-10-13(20)11-24-16)12-19(7-5-8-19)15-14(21)6-4-9-22-15/h4,6,9-11H,5,7-8,12H2,1-3H3. The molecule has 1 saturated carbocycles. The predicted octanol–water partition coefficient (Wildman–Crippen LogP) is 5.15. The molecule has 0 N–H and O–H groups in total. The maximum Gasteiger partial charge on any atom is 0.417 e. The van der Waals surface area contributed by atoms with E-state index in [0.717, 1.165) is 29.4 Å². The molecule has 2 heterocycles. The number of carbonyl (C=O) groups excluding carboxylic acids is 1. The van der Waals surface area contributed by atoms with Crippen LogP contribution in [0.4, 0.5) is 10.7 Å². The van der Waals surface area contributed by atoms with Crippen LogP contribution < -0.4 is 4.90 Å². The zero-order valence-electron chi connectivity index (χ0n) is 15.6. The second-order valence-electron chi connectivity index (χ2n) is 7.74. The summed E-state index contributed by atoms with van der Waals surface area (Å²) in [6, 6.07) is 3.64. The molecule has 1 aliphatic carbocycles. The highest BCUT2D eigenvalue weighted by molar-refractivity contribution is 9.10. The molecule has 0 spiro atoms. The van der Waals surface area contributed by atoms with Gasteiger partial charge in [-0.3, -0.25) is 4.98 Å². The number of hydrogen-bond donors (Lipinski definition) is 0. The molecule has 0 saturated heterocycles. The lowest BCUT2D eigenvalue weighted by molar-refractivity contribution is 0.0557. The van der Waals surface area contributed by atoms with E-state index in [0.29, 0.717) is 17.5 Å². The molecule has 0 atom stereocenters. The molecule has 2 aromatic rings. The van der Waals surface area contributed by atoms with Crippen LogP contribution in [0, 0.1) is 0 Å². The van der Waals surface area contributed by atoms with Crippen LogP contribution in [0.2, 0.25) is 5.02 Å². The molecule has 0 aliphatic heterocycles. The monoisotopic (exact) mass is 452 g/mol. The first-order valence-corrected chi connectivity index (χ1v) is 9.96. The number of hydrogen-bond acceptors (Lipinski definition) is 5. The quantitative estimate of drug-likeness (QED) is 0.640. The highest BCUT2D eigenvalue weighted by atomic mass is 79.9. The van der Waals surface area contributed by atoms with Crippen LogP contribution in [0.1, 0.15) is 45.7 Å². The normalized spacial score (nSPS) is 15.7. The average molecular weight is 454 g/mol. The molecule has 1 fully saturated rings. The summed E-state index contributed by atoms with van der Waals surface area (Å²) >= 11 is 9.75. The third-order valence-electron chi connectivity index (χ3n) is 4.49. The number of anilines is 1. The molecule has 6 nitrogen and oxygen atoms in total. The largest absolute Gasteiger partial charge is 0.443 e. The maximum atomic E-state index is 12.9. The Morgan fingerprint density at radius 1 is 1.30 bits per heavy atom. The van der Waals surface area contributed by atoms with Gasteiger partial charge in [0.2, 0.25) is 5.95 Å². The van der Waals surface area contributed by atoms with Crippen molar-refractivity contribution in [2.45, 2.75) is 51.0 Å². The second-order valence-corrected chi connectivity index (χ2v) is 9.06. The van der Waals surface area contributed by atoms with E-state index in [2.05, 4.69) is 30.9 Å². The van der Waals surface area contributed by atoms with Crippen LogP contribution in [0.25, 0.3) is 0 Å². The number of ether oxygens (including phenoxy) is 1. The summed E-state index contributed by atoms with van der Waals surface area (Å²) in [5.74, 6) is 0.297. The predicted molar refractivity (Wildman–Crippen MR) is 108 cm³/mol. The minimum Gasteiger partial charge on any atom is -0.443 e. The SMILES string of the molecule is CC(C)(C)OC(=O)N(CC1(c2ncccc2Cl)CCC1)c1ncc(Br)cn1. The van der Waals surface area contributed by atoms with Gasteiger partial charge in [0.25, 0.3) is 0 Å². The molecule has 144 valence electrons. The van der Waals surface area contributed by atoms with Crippen molar-refractivity contribution in [2.75, 3.05) is 11.4 Å². The highest BCUT2D eigenvalue weighted by Crippen LogP contribution is 2.46. The maximum absolute atomic E-state index is 12.9. The number of pyridine rings is 1. The number of carbonyl (C=O) groups is 1. The molecular formula is C19H22BrClN4O2. The summed E-state index contributed by atoms with van der Waals surface area (Å²) < 4.78 is 6.34. The molecule has 8 heteroatoms. The van der Waals surface area contributed by atoms with E-state index >= 15 is 0 Å². The molecular weight excluding hydrogens is 432 g/mol. The van der Waals surface area contributed by atoms with Gasteiger partial charge in [0.1, 0.15) is 5.60 Å². The van der Waals surface area contributed by atoms with Gasteiger partial charge in [-0.25, -0.2) is 19.7 Å². The van der Waals surface area contributed by atoms with E-state index in [9.17, 15) is 4.79 Å². The fourth-order valence-electron chi connectivity index (χ4n) is 3.13. The lowest BCUT2D eigenvalue weighted by atomic mass is 9.66. The second kappa shape index (κ2) is 7.72. The van der Waals surface area contributed by atoms with Gasteiger partial charge in [-0.15, -0.1) is 0 Å². The Labute approximate surface area is 172 Å². The smallest absolute Gasteiger partial charge is 0.417 e. The van der Waals surface area contributed by atoms with E-state index in [1.54, 1.807) is 18.6 Å². The number of halogens is 2. The Kier molecular flexibility index (Phi) is 5.72. The van der Waals surface area contributed by atoms with Crippen molar-refractivity contribution in [3.63, 3.8) is 0 Å². The van der Waals surface area contributed by atoms with Crippen LogP contribution >= 0.6 is 27.5 Å². The summed E-state index contributed by atoms with van der Waals surface area (Å²) in [4.78, 5) is 27.5. The average Bonchev–Trinajstić information content (AvgIpc) is 2.55. The molecule has 0 aromatic carbocycles. The number of aromatic nitrogens is 3.